The van der Waals surface area contributed by atoms with Crippen molar-refractivity contribution in [1.82, 2.24) is 0 Å². The van der Waals surface area contributed by atoms with Crippen molar-refractivity contribution in [3.8, 4) is 0 Å². The van der Waals surface area contributed by atoms with E-state index in [9.17, 15) is 40.0 Å². The Balaban J connectivity index is 2.23. The molecular formula is C29H42F5NO7S. The van der Waals surface area contributed by atoms with Gasteiger partial charge in [-0.05, 0) is 33.1 Å². The Morgan fingerprint density at radius 2 is 1.28 bits per heavy atom. The molecule has 0 radical (unpaired) electrons. The molecule has 0 aliphatic rings. The maximum atomic E-state index is 14.2. The van der Waals surface area contributed by atoms with Crippen LogP contribution in [-0.2, 0) is 33.5 Å². The second-order valence-corrected chi connectivity index (χ2v) is 12.3. The maximum Gasteiger partial charge on any atom is 0.441 e. The zero-order valence-corrected chi connectivity index (χ0v) is 25.7. The molecule has 0 aromatic heterocycles. The first-order valence-electron chi connectivity index (χ1n) is 14.4. The van der Waals surface area contributed by atoms with Crippen molar-refractivity contribution >= 4 is 27.6 Å². The van der Waals surface area contributed by atoms with Gasteiger partial charge in [0.1, 0.15) is 6.61 Å². The van der Waals surface area contributed by atoms with E-state index in [1.54, 1.807) is 0 Å². The molecule has 1 aromatic carbocycles. The van der Waals surface area contributed by atoms with Gasteiger partial charge in [0.05, 0.1) is 12.0 Å². The Morgan fingerprint density at radius 3 is 1.77 bits per heavy atom. The number of hydrogen-bond acceptors (Lipinski definition) is 8. The van der Waals surface area contributed by atoms with Gasteiger partial charge < -0.3 is 9.47 Å². The number of oxime groups is 1. The zero-order valence-electron chi connectivity index (χ0n) is 24.9. The molecule has 0 bridgehead atoms. The lowest BCUT2D eigenvalue weighted by atomic mass is 9.91. The topological polar surface area (TPSA) is 108 Å². The summed E-state index contributed by atoms with van der Waals surface area (Å²) >= 11 is 0. The number of alkyl halides is 5. The van der Waals surface area contributed by atoms with Gasteiger partial charge in [0.2, 0.25) is 5.78 Å². The number of carbonyl (C=O) groups excluding carboxylic acids is 2. The number of hydrogen-bond donors (Lipinski definition) is 0. The summed E-state index contributed by atoms with van der Waals surface area (Å²) in [5, 5.41) is -2.78. The summed E-state index contributed by atoms with van der Waals surface area (Å²) < 4.78 is 105. The number of benzene rings is 1. The molecule has 0 atom stereocenters. The molecule has 246 valence electrons. The molecule has 1 aromatic rings. The van der Waals surface area contributed by atoms with Crippen LogP contribution in [0.25, 0.3) is 0 Å². The molecule has 0 heterocycles. The Bertz CT molecular complexity index is 1120. The highest BCUT2D eigenvalue weighted by Crippen LogP contribution is 2.28. The van der Waals surface area contributed by atoms with Crippen LogP contribution in [-0.4, -0.2) is 57.1 Å². The van der Waals surface area contributed by atoms with Crippen LogP contribution in [0.3, 0.4) is 0 Å². The molecule has 1 rings (SSSR count). The summed E-state index contributed by atoms with van der Waals surface area (Å²) in [6, 6.07) is 5.63. The normalized spacial score (nSPS) is 13.2. The summed E-state index contributed by atoms with van der Waals surface area (Å²) in [6.07, 6.45) is 4.49. The fourth-order valence-corrected chi connectivity index (χ4v) is 4.21. The van der Waals surface area contributed by atoms with Crippen LogP contribution >= 0.6 is 0 Å². The number of ketones is 1. The number of carbonyl (C=O) groups is 2. The van der Waals surface area contributed by atoms with Gasteiger partial charge in [0.15, 0.2) is 5.71 Å². The average molecular weight is 644 g/mol. The van der Waals surface area contributed by atoms with E-state index in [-0.39, 0.29) is 12.6 Å². The molecule has 0 aliphatic heterocycles. The smallest absolute Gasteiger partial charge is 0.441 e. The van der Waals surface area contributed by atoms with Crippen LogP contribution in [0.4, 0.5) is 22.0 Å². The largest absolute Gasteiger partial charge is 0.465 e. The van der Waals surface area contributed by atoms with Crippen LogP contribution in [0.1, 0.15) is 97.0 Å². The third-order valence-electron chi connectivity index (χ3n) is 6.77. The second kappa shape index (κ2) is 18.3. The van der Waals surface area contributed by atoms with Gasteiger partial charge in [0.25, 0.3) is 0 Å². The summed E-state index contributed by atoms with van der Waals surface area (Å²) in [5.74, 6) is -2.35. The van der Waals surface area contributed by atoms with Gasteiger partial charge in [-0.2, -0.15) is 30.4 Å². The summed E-state index contributed by atoms with van der Waals surface area (Å²) in [5.41, 5.74) is -2.93. The molecular weight excluding hydrogens is 601 g/mol. The van der Waals surface area contributed by atoms with Crippen molar-refractivity contribution in [3.05, 3.63) is 35.9 Å². The molecule has 0 saturated carbocycles. The number of nitrogens with zero attached hydrogens (tertiary/aromatic N) is 1. The Labute approximate surface area is 250 Å². The van der Waals surface area contributed by atoms with Crippen LogP contribution in [0, 0.1) is 5.41 Å². The van der Waals surface area contributed by atoms with Crippen molar-refractivity contribution < 1.29 is 53.7 Å². The first kappa shape index (κ1) is 38.4. The summed E-state index contributed by atoms with van der Waals surface area (Å²) in [4.78, 5) is 23.7. The van der Waals surface area contributed by atoms with E-state index in [2.05, 4.69) is 9.44 Å². The fourth-order valence-electron chi connectivity index (χ4n) is 3.61. The van der Waals surface area contributed by atoms with Crippen LogP contribution < -0.4 is 0 Å². The zero-order chi connectivity index (χ0) is 32.6. The summed E-state index contributed by atoms with van der Waals surface area (Å²) in [7, 11) is -6.17. The lowest BCUT2D eigenvalue weighted by molar-refractivity contribution is -0.154. The van der Waals surface area contributed by atoms with Gasteiger partial charge in [0, 0.05) is 12.2 Å². The summed E-state index contributed by atoms with van der Waals surface area (Å²) in [6.45, 7) is 4.78. The van der Waals surface area contributed by atoms with E-state index in [0.29, 0.717) is 19.4 Å². The predicted molar refractivity (Wildman–Crippen MR) is 151 cm³/mol. The highest BCUT2D eigenvalue weighted by molar-refractivity contribution is 7.88. The second-order valence-electron chi connectivity index (χ2n) is 10.7. The van der Waals surface area contributed by atoms with Gasteiger partial charge >= 0.3 is 27.5 Å². The van der Waals surface area contributed by atoms with E-state index in [1.807, 2.05) is 20.8 Å². The van der Waals surface area contributed by atoms with Crippen LogP contribution in [0.15, 0.2) is 35.5 Å². The molecule has 0 unspecified atom stereocenters. The standard InChI is InChI=1S/C29H42F5NO7S/c1-4-27(2,3)26(37)41-21-17-12-10-8-6-5-7-9-11-16-20-40-22-24(36)29(33,34)43(38,39)42-35-25(28(30,31)32)23-18-14-13-15-19-23/h13-15,18-19H,4-12,16-17,20-22H2,1-3H3/b35-25-. The van der Waals surface area contributed by atoms with Crippen molar-refractivity contribution in [3.63, 3.8) is 0 Å². The van der Waals surface area contributed by atoms with E-state index >= 15 is 0 Å². The van der Waals surface area contributed by atoms with Crippen molar-refractivity contribution in [2.45, 2.75) is 103 Å². The minimum atomic E-state index is -6.17. The van der Waals surface area contributed by atoms with Crippen LogP contribution in [0.5, 0.6) is 0 Å². The number of halogens is 5. The molecule has 0 fully saturated rings. The number of ether oxygens (including phenoxy) is 2. The molecule has 0 saturated heterocycles. The number of esters is 1. The third kappa shape index (κ3) is 13.7. The highest BCUT2D eigenvalue weighted by Gasteiger charge is 2.55. The van der Waals surface area contributed by atoms with Gasteiger partial charge in [-0.1, -0.05) is 93.8 Å². The van der Waals surface area contributed by atoms with E-state index in [4.69, 9.17) is 9.47 Å². The van der Waals surface area contributed by atoms with Gasteiger partial charge in [-0.25, -0.2) is 0 Å². The number of rotatable bonds is 22. The van der Waals surface area contributed by atoms with Crippen molar-refractivity contribution in [1.29, 1.82) is 0 Å². The first-order chi connectivity index (χ1) is 20.1. The highest BCUT2D eigenvalue weighted by atomic mass is 32.2. The van der Waals surface area contributed by atoms with Gasteiger partial charge in [-0.3, -0.25) is 13.9 Å². The minimum Gasteiger partial charge on any atom is -0.465 e. The molecule has 43 heavy (non-hydrogen) atoms. The van der Waals surface area contributed by atoms with E-state index < -0.39 is 50.6 Å². The number of unbranched alkanes of at least 4 members (excludes halogenated alkanes) is 9. The van der Waals surface area contributed by atoms with Crippen LogP contribution in [0.2, 0.25) is 0 Å². The van der Waals surface area contributed by atoms with Crippen molar-refractivity contribution in [2.24, 2.45) is 10.6 Å². The quantitative estimate of drug-likeness (QED) is 0.0427. The predicted octanol–water partition coefficient (Wildman–Crippen LogP) is 7.36. The molecule has 0 aliphatic carbocycles. The third-order valence-corrected chi connectivity index (χ3v) is 7.89. The Morgan fingerprint density at radius 1 is 0.791 bits per heavy atom. The monoisotopic (exact) mass is 643 g/mol. The molecule has 0 amide bonds. The minimum absolute atomic E-state index is 0.0763. The van der Waals surface area contributed by atoms with Gasteiger partial charge in [-0.15, -0.1) is 0 Å². The maximum absolute atomic E-state index is 14.2. The molecule has 0 spiro atoms. The molecule has 0 N–H and O–H groups in total. The SMILES string of the molecule is CCC(C)(C)C(=O)OCCCCCCCCCCCCOCC(=O)C(F)(F)S(=O)(=O)O/N=C(/c1ccccc1)C(F)(F)F. The fraction of sp³-hybridized carbons (Fsp3) is 0.690. The Kier molecular flexibility index (Phi) is 16.3. The average Bonchev–Trinajstić information content (AvgIpc) is 2.94. The lowest BCUT2D eigenvalue weighted by Crippen LogP contribution is -2.41. The molecule has 8 nitrogen and oxygen atoms in total. The molecule has 14 heteroatoms. The first-order valence-corrected chi connectivity index (χ1v) is 15.8. The number of Topliss-reactive ketones (excluding diaryl/α,β-unsaturated/α-hetero) is 1. The van der Waals surface area contributed by atoms with E-state index in [0.717, 1.165) is 69.9 Å². The van der Waals surface area contributed by atoms with E-state index in [1.165, 1.54) is 18.2 Å². The Hall–Kier alpha value is -2.61. The van der Waals surface area contributed by atoms with Crippen molar-refractivity contribution in [2.75, 3.05) is 19.8 Å². The lowest BCUT2D eigenvalue weighted by Gasteiger charge is -2.20.